The van der Waals surface area contributed by atoms with E-state index in [9.17, 15) is 4.39 Å². The van der Waals surface area contributed by atoms with Crippen LogP contribution < -0.4 is 4.90 Å². The predicted molar refractivity (Wildman–Crippen MR) is 110 cm³/mol. The van der Waals surface area contributed by atoms with Gasteiger partial charge in [0.2, 0.25) is 0 Å². The van der Waals surface area contributed by atoms with Crippen molar-refractivity contribution in [3.8, 4) is 11.3 Å². The van der Waals surface area contributed by atoms with Gasteiger partial charge in [-0.2, -0.15) is 0 Å². The lowest BCUT2D eigenvalue weighted by atomic mass is 10.1. The maximum Gasteiger partial charge on any atom is 0.170 e. The van der Waals surface area contributed by atoms with E-state index in [-0.39, 0.29) is 5.82 Å². The van der Waals surface area contributed by atoms with Crippen molar-refractivity contribution in [3.05, 3.63) is 70.1 Å². The molecule has 0 atom stereocenters. The third kappa shape index (κ3) is 3.91. The second kappa shape index (κ2) is 7.94. The third-order valence-corrected chi connectivity index (χ3v) is 5.62. The number of rotatable bonds is 4. The molecular weight excluding hydrogens is 377 g/mol. The van der Waals surface area contributed by atoms with Crippen LogP contribution in [0.3, 0.4) is 0 Å². The minimum atomic E-state index is -0.256. The highest BCUT2D eigenvalue weighted by Gasteiger charge is 2.22. The molecule has 1 saturated heterocycles. The number of hydrogen-bond donors (Lipinski definition) is 0. The number of hydrogen-bond acceptors (Lipinski definition) is 4. The van der Waals surface area contributed by atoms with E-state index in [2.05, 4.69) is 27.9 Å². The summed E-state index contributed by atoms with van der Waals surface area (Å²) in [5, 5.41) is 5.04. The van der Waals surface area contributed by atoms with Gasteiger partial charge in [-0.25, -0.2) is 4.39 Å². The lowest BCUT2D eigenvalue weighted by Gasteiger charge is -2.36. The summed E-state index contributed by atoms with van der Waals surface area (Å²) in [6.07, 6.45) is 0. The lowest BCUT2D eigenvalue weighted by molar-refractivity contribution is 0.242. The smallest absolute Gasteiger partial charge is 0.170 e. The lowest BCUT2D eigenvalue weighted by Crippen LogP contribution is -2.46. The zero-order valence-corrected chi connectivity index (χ0v) is 16.8. The summed E-state index contributed by atoms with van der Waals surface area (Å²) in [7, 11) is 0. The molecule has 1 fully saturated rings. The molecule has 28 heavy (non-hydrogen) atoms. The highest BCUT2D eigenvalue weighted by Crippen LogP contribution is 2.28. The van der Waals surface area contributed by atoms with Crippen LogP contribution >= 0.6 is 11.6 Å². The molecule has 0 bridgehead atoms. The molecule has 3 aromatic rings. The molecule has 1 aliphatic heterocycles. The molecule has 6 heteroatoms. The Morgan fingerprint density at radius 2 is 1.75 bits per heavy atom. The highest BCUT2D eigenvalue weighted by molar-refractivity contribution is 6.30. The third-order valence-electron chi connectivity index (χ3n) is 5.38. The Hall–Kier alpha value is -2.37. The quantitative estimate of drug-likeness (QED) is 0.613. The van der Waals surface area contributed by atoms with Crippen molar-refractivity contribution >= 4 is 17.3 Å². The van der Waals surface area contributed by atoms with Crippen molar-refractivity contribution in [2.75, 3.05) is 31.1 Å². The van der Waals surface area contributed by atoms with Gasteiger partial charge in [0.15, 0.2) is 5.76 Å². The van der Waals surface area contributed by atoms with E-state index in [0.717, 1.165) is 54.6 Å². The average Bonchev–Trinajstić information content (AvgIpc) is 3.05. The van der Waals surface area contributed by atoms with Gasteiger partial charge in [0.1, 0.15) is 11.5 Å². The highest BCUT2D eigenvalue weighted by atomic mass is 35.5. The Balaban J connectivity index is 1.41. The van der Waals surface area contributed by atoms with Crippen LogP contribution in [0, 0.1) is 19.7 Å². The first-order valence-corrected chi connectivity index (χ1v) is 9.83. The first kappa shape index (κ1) is 19.0. The Morgan fingerprint density at radius 1 is 1.04 bits per heavy atom. The van der Waals surface area contributed by atoms with Gasteiger partial charge in [0.25, 0.3) is 0 Å². The van der Waals surface area contributed by atoms with Crippen molar-refractivity contribution in [3.63, 3.8) is 0 Å². The second-order valence-electron chi connectivity index (χ2n) is 7.28. The van der Waals surface area contributed by atoms with Crippen LogP contribution in [0.1, 0.15) is 16.8 Å². The molecule has 2 heterocycles. The van der Waals surface area contributed by atoms with Gasteiger partial charge < -0.3 is 9.42 Å². The van der Waals surface area contributed by atoms with Gasteiger partial charge >= 0.3 is 0 Å². The molecule has 0 radical (unpaired) electrons. The number of aryl methyl sites for hydroxylation is 1. The van der Waals surface area contributed by atoms with Gasteiger partial charge in [-0.15, -0.1) is 0 Å². The van der Waals surface area contributed by atoms with Crippen LogP contribution in [0.4, 0.5) is 10.1 Å². The maximum atomic E-state index is 13.2. The summed E-state index contributed by atoms with van der Waals surface area (Å²) >= 11 is 6.17. The molecule has 0 N–H and O–H groups in total. The number of anilines is 1. The van der Waals surface area contributed by atoms with Gasteiger partial charge in [0.05, 0.1) is 0 Å². The largest absolute Gasteiger partial charge is 0.369 e. The number of halogens is 2. The van der Waals surface area contributed by atoms with Crippen LogP contribution in [0.25, 0.3) is 11.3 Å². The molecular formula is C22H23ClFN3O. The second-order valence-corrected chi connectivity index (χ2v) is 7.72. The minimum absolute atomic E-state index is 0.256. The predicted octanol–water partition coefficient (Wildman–Crippen LogP) is 5.07. The van der Waals surface area contributed by atoms with Gasteiger partial charge in [-0.05, 0) is 55.8 Å². The molecule has 1 aliphatic rings. The summed E-state index contributed by atoms with van der Waals surface area (Å²) in [6.45, 7) is 8.67. The van der Waals surface area contributed by atoms with Crippen molar-refractivity contribution in [1.29, 1.82) is 0 Å². The van der Waals surface area contributed by atoms with Crippen molar-refractivity contribution in [2.24, 2.45) is 0 Å². The molecule has 4 rings (SSSR count). The zero-order valence-electron chi connectivity index (χ0n) is 16.1. The van der Waals surface area contributed by atoms with E-state index in [4.69, 9.17) is 16.1 Å². The van der Waals surface area contributed by atoms with Crippen LogP contribution in [0.2, 0.25) is 5.02 Å². The van der Waals surface area contributed by atoms with Crippen LogP contribution in [-0.2, 0) is 6.54 Å². The molecule has 0 amide bonds. The maximum absolute atomic E-state index is 13.2. The minimum Gasteiger partial charge on any atom is -0.369 e. The van der Waals surface area contributed by atoms with E-state index in [1.54, 1.807) is 12.1 Å². The number of nitrogens with zero attached hydrogens (tertiary/aromatic N) is 3. The summed E-state index contributed by atoms with van der Waals surface area (Å²) in [6, 6.07) is 12.4. The summed E-state index contributed by atoms with van der Waals surface area (Å²) in [5.41, 5.74) is 5.25. The number of aromatic nitrogens is 1. The average molecular weight is 400 g/mol. The van der Waals surface area contributed by atoms with Crippen molar-refractivity contribution in [2.45, 2.75) is 20.4 Å². The van der Waals surface area contributed by atoms with Crippen molar-refractivity contribution in [1.82, 2.24) is 10.1 Å². The number of piperazine rings is 1. The molecule has 0 spiro atoms. The van der Waals surface area contributed by atoms with Gasteiger partial charge in [-0.3, -0.25) is 4.90 Å². The topological polar surface area (TPSA) is 32.5 Å². The fraction of sp³-hybridized carbons (Fsp3) is 0.318. The van der Waals surface area contributed by atoms with Crippen LogP contribution in [0.5, 0.6) is 0 Å². The molecule has 2 aromatic carbocycles. The molecule has 0 saturated carbocycles. The normalized spacial score (nSPS) is 15.2. The number of benzene rings is 2. The van der Waals surface area contributed by atoms with E-state index in [1.165, 1.54) is 23.4 Å². The fourth-order valence-corrected chi connectivity index (χ4v) is 3.83. The van der Waals surface area contributed by atoms with Gasteiger partial charge in [0, 0.05) is 54.6 Å². The Morgan fingerprint density at radius 3 is 2.46 bits per heavy atom. The summed E-state index contributed by atoms with van der Waals surface area (Å²) < 4.78 is 18.7. The standard InChI is InChI=1S/C22H23ClFN3O/c1-15-3-6-18(23)13-21(15)27-11-9-26(10-12-27)14-20-16(2)22(28-25-20)17-4-7-19(24)8-5-17/h3-8,13H,9-12,14H2,1-2H3. The SMILES string of the molecule is Cc1ccc(Cl)cc1N1CCN(Cc2noc(-c3ccc(F)cc3)c2C)CC1. The van der Waals surface area contributed by atoms with Crippen molar-refractivity contribution < 1.29 is 8.91 Å². The molecule has 0 unspecified atom stereocenters. The first-order valence-electron chi connectivity index (χ1n) is 9.46. The first-order chi connectivity index (χ1) is 13.5. The summed E-state index contributed by atoms with van der Waals surface area (Å²) in [5.74, 6) is 0.456. The van der Waals surface area contributed by atoms with E-state index >= 15 is 0 Å². The van der Waals surface area contributed by atoms with E-state index in [0.29, 0.717) is 5.76 Å². The molecule has 0 aliphatic carbocycles. The van der Waals surface area contributed by atoms with E-state index in [1.807, 2.05) is 19.1 Å². The Labute approximate surface area is 169 Å². The van der Waals surface area contributed by atoms with Crippen LogP contribution in [-0.4, -0.2) is 36.2 Å². The molecule has 1 aromatic heterocycles. The Bertz CT molecular complexity index is 962. The monoisotopic (exact) mass is 399 g/mol. The van der Waals surface area contributed by atoms with E-state index < -0.39 is 0 Å². The zero-order chi connectivity index (χ0) is 19.7. The summed E-state index contributed by atoms with van der Waals surface area (Å²) in [4.78, 5) is 4.77. The fourth-order valence-electron chi connectivity index (χ4n) is 3.67. The van der Waals surface area contributed by atoms with Crippen LogP contribution in [0.15, 0.2) is 47.0 Å². The molecule has 4 nitrogen and oxygen atoms in total. The Kier molecular flexibility index (Phi) is 5.38. The van der Waals surface area contributed by atoms with Gasteiger partial charge in [-0.1, -0.05) is 22.8 Å². The molecule has 146 valence electrons.